The summed E-state index contributed by atoms with van der Waals surface area (Å²) in [6.45, 7) is 4.25. The van der Waals surface area contributed by atoms with Gasteiger partial charge in [-0.2, -0.15) is 0 Å². The van der Waals surface area contributed by atoms with E-state index in [0.29, 0.717) is 42.6 Å². The van der Waals surface area contributed by atoms with Crippen LogP contribution in [-0.4, -0.2) is 53.8 Å². The van der Waals surface area contributed by atoms with Crippen LogP contribution in [0.4, 0.5) is 0 Å². The normalized spacial score (nSPS) is 16.0. The van der Waals surface area contributed by atoms with Gasteiger partial charge in [0, 0.05) is 24.7 Å². The first-order valence-corrected chi connectivity index (χ1v) is 13.3. The number of aryl methyl sites for hydroxylation is 1. The molecule has 0 saturated carbocycles. The molecule has 0 unspecified atom stereocenters. The molecule has 2 aromatic rings. The van der Waals surface area contributed by atoms with Crippen molar-refractivity contribution in [2.24, 2.45) is 0 Å². The Morgan fingerprint density at radius 3 is 2.33 bits per heavy atom. The first kappa shape index (κ1) is 22.9. The summed E-state index contributed by atoms with van der Waals surface area (Å²) in [4.78, 5) is 14.7. The number of piperidine rings is 1. The topological polar surface area (TPSA) is 113 Å². The summed E-state index contributed by atoms with van der Waals surface area (Å²) < 4.78 is 54.6. The molecule has 1 aromatic heterocycles. The van der Waals surface area contributed by atoms with Crippen molar-refractivity contribution in [3.63, 3.8) is 0 Å². The molecule has 30 heavy (non-hydrogen) atoms. The first-order chi connectivity index (χ1) is 14.0. The average molecular weight is 472 g/mol. The van der Waals surface area contributed by atoms with Crippen molar-refractivity contribution in [1.29, 1.82) is 0 Å². The number of carbonyl (C=O) groups is 1. The van der Waals surface area contributed by atoms with Gasteiger partial charge in [0.1, 0.15) is 4.21 Å². The first-order valence-electron chi connectivity index (χ1n) is 9.45. The number of sulfonamides is 2. The predicted molar refractivity (Wildman–Crippen MR) is 116 cm³/mol. The fourth-order valence-electron chi connectivity index (χ4n) is 3.42. The van der Waals surface area contributed by atoms with Crippen LogP contribution in [0.2, 0.25) is 0 Å². The summed E-state index contributed by atoms with van der Waals surface area (Å²) in [5.41, 5.74) is 1.63. The maximum absolute atomic E-state index is 13.0. The third kappa shape index (κ3) is 4.75. The number of hydrogen-bond acceptors (Lipinski definition) is 6. The minimum atomic E-state index is -3.69. The van der Waals surface area contributed by atoms with Gasteiger partial charge in [-0.05, 0) is 68.4 Å². The van der Waals surface area contributed by atoms with E-state index in [2.05, 4.69) is 9.44 Å². The molecule has 164 valence electrons. The van der Waals surface area contributed by atoms with Crippen LogP contribution in [0.5, 0.6) is 0 Å². The molecule has 0 bridgehead atoms. The van der Waals surface area contributed by atoms with Gasteiger partial charge in [0.05, 0.1) is 4.90 Å². The Bertz CT molecular complexity index is 1130. The number of rotatable bonds is 6. The second-order valence-corrected chi connectivity index (χ2v) is 12.0. The number of hydrogen-bond donors (Lipinski definition) is 2. The number of carbonyl (C=O) groups excluding carboxylic acids is 1. The summed E-state index contributed by atoms with van der Waals surface area (Å²) in [7, 11) is -5.90. The van der Waals surface area contributed by atoms with Gasteiger partial charge in [-0.1, -0.05) is 6.07 Å². The molecule has 0 aliphatic carbocycles. The van der Waals surface area contributed by atoms with E-state index in [1.165, 1.54) is 13.1 Å². The zero-order chi connectivity index (χ0) is 22.1. The molecule has 0 radical (unpaired) electrons. The van der Waals surface area contributed by atoms with Crippen molar-refractivity contribution in [2.75, 3.05) is 20.1 Å². The molecule has 1 fully saturated rings. The molecule has 1 amide bonds. The van der Waals surface area contributed by atoms with Crippen LogP contribution in [-0.2, 0) is 20.0 Å². The van der Waals surface area contributed by atoms with E-state index >= 15 is 0 Å². The van der Waals surface area contributed by atoms with Crippen LogP contribution in [0.1, 0.15) is 34.3 Å². The quantitative estimate of drug-likeness (QED) is 0.668. The van der Waals surface area contributed by atoms with E-state index in [0.717, 1.165) is 11.3 Å². The fraction of sp³-hybridized carbons (Fsp3) is 0.421. The van der Waals surface area contributed by atoms with E-state index < -0.39 is 20.0 Å². The zero-order valence-electron chi connectivity index (χ0n) is 17.0. The third-order valence-electron chi connectivity index (χ3n) is 5.29. The molecule has 2 heterocycles. The van der Waals surface area contributed by atoms with Gasteiger partial charge in [-0.25, -0.2) is 26.3 Å². The highest BCUT2D eigenvalue weighted by Crippen LogP contribution is 2.24. The van der Waals surface area contributed by atoms with E-state index in [1.54, 1.807) is 42.3 Å². The lowest BCUT2D eigenvalue weighted by molar-refractivity contribution is 0.0711. The molecule has 3 rings (SSSR count). The smallest absolute Gasteiger partial charge is 0.253 e. The van der Waals surface area contributed by atoms with Crippen LogP contribution in [0.25, 0.3) is 0 Å². The van der Waals surface area contributed by atoms with Crippen LogP contribution in [0.15, 0.2) is 38.8 Å². The van der Waals surface area contributed by atoms with Crippen molar-refractivity contribution in [3.8, 4) is 0 Å². The highest BCUT2D eigenvalue weighted by Gasteiger charge is 2.28. The summed E-state index contributed by atoms with van der Waals surface area (Å²) >= 11 is 1.16. The standard InChI is InChI=1S/C19H25N3O5S3/c1-13-11-15(12-17(14(13)2)29(24,25)20-3)19(23)22-8-6-16(7-9-22)21-30(26,27)18-5-4-10-28-18/h4-5,10-12,16,20-21H,6-9H2,1-3H3. The predicted octanol–water partition coefficient (Wildman–Crippen LogP) is 1.86. The minimum absolute atomic E-state index is 0.0898. The Morgan fingerprint density at radius 1 is 1.10 bits per heavy atom. The summed E-state index contributed by atoms with van der Waals surface area (Å²) in [6, 6.07) is 6.09. The molecular formula is C19H25N3O5S3. The van der Waals surface area contributed by atoms with Crippen LogP contribution < -0.4 is 9.44 Å². The van der Waals surface area contributed by atoms with Crippen molar-refractivity contribution >= 4 is 37.3 Å². The Balaban J connectivity index is 1.71. The van der Waals surface area contributed by atoms with Crippen LogP contribution in [0, 0.1) is 13.8 Å². The van der Waals surface area contributed by atoms with Crippen molar-refractivity contribution in [1.82, 2.24) is 14.3 Å². The Labute approximate surface area is 181 Å². The van der Waals surface area contributed by atoms with Crippen molar-refractivity contribution < 1.29 is 21.6 Å². The molecular weight excluding hydrogens is 446 g/mol. The van der Waals surface area contributed by atoms with Gasteiger partial charge < -0.3 is 4.90 Å². The van der Waals surface area contributed by atoms with Crippen molar-refractivity contribution in [3.05, 3.63) is 46.3 Å². The van der Waals surface area contributed by atoms with Gasteiger partial charge in [0.2, 0.25) is 20.0 Å². The van der Waals surface area contributed by atoms with Gasteiger partial charge in [0.15, 0.2) is 0 Å². The Morgan fingerprint density at radius 2 is 1.77 bits per heavy atom. The molecule has 1 aromatic carbocycles. The zero-order valence-corrected chi connectivity index (χ0v) is 19.5. The van der Waals surface area contributed by atoms with Crippen molar-refractivity contribution in [2.45, 2.75) is 41.8 Å². The highest BCUT2D eigenvalue weighted by atomic mass is 32.2. The molecule has 1 saturated heterocycles. The Kier molecular flexibility index (Phi) is 6.68. The molecule has 2 N–H and O–H groups in total. The lowest BCUT2D eigenvalue weighted by Crippen LogP contribution is -2.46. The minimum Gasteiger partial charge on any atom is -0.339 e. The number of nitrogens with zero attached hydrogens (tertiary/aromatic N) is 1. The lowest BCUT2D eigenvalue weighted by Gasteiger charge is -2.32. The number of nitrogens with one attached hydrogen (secondary N) is 2. The number of thiophene rings is 1. The maximum Gasteiger partial charge on any atom is 0.253 e. The SMILES string of the molecule is CNS(=O)(=O)c1cc(C(=O)N2CCC(NS(=O)(=O)c3cccs3)CC2)cc(C)c1C. The maximum atomic E-state index is 13.0. The highest BCUT2D eigenvalue weighted by molar-refractivity contribution is 7.91. The molecule has 11 heteroatoms. The van der Waals surface area contributed by atoms with Gasteiger partial charge in [0.25, 0.3) is 5.91 Å². The number of likely N-dealkylation sites (tertiary alicyclic amines) is 1. The molecule has 8 nitrogen and oxygen atoms in total. The summed E-state index contributed by atoms with van der Waals surface area (Å²) in [5, 5.41) is 1.71. The number of amides is 1. The largest absolute Gasteiger partial charge is 0.339 e. The van der Waals surface area contributed by atoms with Gasteiger partial charge >= 0.3 is 0 Å². The number of benzene rings is 1. The van der Waals surface area contributed by atoms with Gasteiger partial charge in [-0.3, -0.25) is 4.79 Å². The molecule has 0 atom stereocenters. The summed E-state index contributed by atoms with van der Waals surface area (Å²) in [5.74, 6) is -0.259. The second-order valence-electron chi connectivity index (χ2n) is 7.24. The monoisotopic (exact) mass is 471 g/mol. The van der Waals surface area contributed by atoms with Crippen LogP contribution in [0.3, 0.4) is 0 Å². The van der Waals surface area contributed by atoms with Gasteiger partial charge in [-0.15, -0.1) is 11.3 Å². The Hall–Kier alpha value is -1.79. The summed E-state index contributed by atoms with van der Waals surface area (Å²) in [6.07, 6.45) is 0.978. The fourth-order valence-corrected chi connectivity index (χ4v) is 6.80. The van der Waals surface area contributed by atoms with E-state index in [-0.39, 0.29) is 21.1 Å². The lowest BCUT2D eigenvalue weighted by atomic mass is 10.0. The molecule has 0 spiro atoms. The second kappa shape index (κ2) is 8.75. The average Bonchev–Trinajstić information content (AvgIpc) is 3.25. The van der Waals surface area contributed by atoms with E-state index in [9.17, 15) is 21.6 Å². The molecule has 1 aliphatic heterocycles. The molecule has 1 aliphatic rings. The van der Waals surface area contributed by atoms with E-state index in [4.69, 9.17) is 0 Å². The van der Waals surface area contributed by atoms with E-state index in [1.807, 2.05) is 0 Å². The van der Waals surface area contributed by atoms with Crippen LogP contribution >= 0.6 is 11.3 Å². The third-order valence-corrected chi connectivity index (χ3v) is 9.75.